The maximum atomic E-state index is 14.7. The molecule has 0 unspecified atom stereocenters. The number of aromatic hydroxyl groups is 1. The number of amides is 4. The molecule has 1 N–H and O–H groups in total. The van der Waals surface area contributed by atoms with Crippen molar-refractivity contribution >= 4 is 58.8 Å². The van der Waals surface area contributed by atoms with Crippen LogP contribution >= 0.6 is 11.6 Å². The molecule has 4 amide bonds. The first-order valence-electron chi connectivity index (χ1n) is 18.1. The molecule has 1 saturated carbocycles. The summed E-state index contributed by atoms with van der Waals surface area (Å²) in [6.07, 6.45) is 6.28. The molecule has 0 radical (unpaired) electrons. The molecule has 2 heterocycles. The van der Waals surface area contributed by atoms with E-state index in [1.165, 1.54) is 16.9 Å². The van der Waals surface area contributed by atoms with E-state index in [-0.39, 0.29) is 53.0 Å². The highest BCUT2D eigenvalue weighted by atomic mass is 35.5. The van der Waals surface area contributed by atoms with Crippen molar-refractivity contribution in [3.8, 4) is 23.0 Å². The van der Waals surface area contributed by atoms with Gasteiger partial charge in [0.2, 0.25) is 23.6 Å². The Morgan fingerprint density at radius 1 is 0.764 bits per heavy atom. The Balaban J connectivity index is 1.15. The highest BCUT2D eigenvalue weighted by molar-refractivity contribution is 6.32. The first-order valence-corrected chi connectivity index (χ1v) is 18.5. The molecule has 8 rings (SSSR count). The minimum atomic E-state index is -1.27. The van der Waals surface area contributed by atoms with Crippen LogP contribution in [0, 0.1) is 29.1 Å². The number of para-hydroxylation sites is 1. The van der Waals surface area contributed by atoms with Gasteiger partial charge in [-0.2, -0.15) is 0 Å². The summed E-state index contributed by atoms with van der Waals surface area (Å²) in [5.41, 5.74) is 2.69. The fraction of sp³-hybridized carbons (Fsp3) is 0.273. The lowest BCUT2D eigenvalue weighted by Crippen LogP contribution is -2.48. The van der Waals surface area contributed by atoms with Crippen LogP contribution in [-0.4, -0.2) is 50.1 Å². The second kappa shape index (κ2) is 13.8. The minimum Gasteiger partial charge on any atom is -0.503 e. The Morgan fingerprint density at radius 3 is 2.16 bits per heavy atom. The van der Waals surface area contributed by atoms with Crippen molar-refractivity contribution in [2.75, 3.05) is 31.1 Å². The average Bonchev–Trinajstić information content (AvgIpc) is 3.57. The molecule has 4 aromatic carbocycles. The molecule has 2 aliphatic carbocycles. The Morgan fingerprint density at radius 2 is 1.47 bits per heavy atom. The molecule has 4 aromatic rings. The van der Waals surface area contributed by atoms with Gasteiger partial charge in [0.15, 0.2) is 11.5 Å². The summed E-state index contributed by atoms with van der Waals surface area (Å²) >= 11 is 6.54. The van der Waals surface area contributed by atoms with Gasteiger partial charge in [0.1, 0.15) is 11.5 Å². The van der Waals surface area contributed by atoms with Crippen molar-refractivity contribution in [1.29, 1.82) is 0 Å². The van der Waals surface area contributed by atoms with Gasteiger partial charge in [0.05, 0.1) is 60.9 Å². The highest BCUT2D eigenvalue weighted by Gasteiger charge is 2.67. The van der Waals surface area contributed by atoms with E-state index in [1.807, 2.05) is 54.6 Å². The Hall–Kier alpha value is -5.87. The van der Waals surface area contributed by atoms with Gasteiger partial charge >= 0.3 is 0 Å². The van der Waals surface area contributed by atoms with E-state index in [2.05, 4.69) is 0 Å². The van der Waals surface area contributed by atoms with Crippen molar-refractivity contribution in [1.82, 2.24) is 0 Å². The maximum Gasteiger partial charge on any atom is 0.241 e. The van der Waals surface area contributed by atoms with Gasteiger partial charge in [-0.25, -0.2) is 4.90 Å². The quantitative estimate of drug-likeness (QED) is 0.110. The van der Waals surface area contributed by atoms with Crippen LogP contribution in [0.1, 0.15) is 42.4 Å². The molecule has 0 spiro atoms. The summed E-state index contributed by atoms with van der Waals surface area (Å²) in [6.45, 7) is 1.80. The zero-order valence-corrected chi connectivity index (χ0v) is 31.4. The summed E-state index contributed by atoms with van der Waals surface area (Å²) in [5, 5.41) is 10.7. The van der Waals surface area contributed by atoms with Crippen LogP contribution in [0.25, 0.3) is 12.2 Å². The smallest absolute Gasteiger partial charge is 0.241 e. The van der Waals surface area contributed by atoms with E-state index >= 15 is 0 Å². The monoisotopic (exact) mass is 758 g/mol. The number of imide groups is 2. The lowest BCUT2D eigenvalue weighted by Gasteiger charge is -2.49. The summed E-state index contributed by atoms with van der Waals surface area (Å²) in [4.78, 5) is 60.3. The minimum absolute atomic E-state index is 0.0295. The molecule has 10 nitrogen and oxygen atoms in total. The summed E-state index contributed by atoms with van der Waals surface area (Å²) in [5.74, 6) is -3.52. The Labute approximate surface area is 323 Å². The number of carbonyl (C=O) groups excluding carboxylic acids is 4. The molecule has 4 aliphatic rings. The van der Waals surface area contributed by atoms with Crippen LogP contribution in [0.2, 0.25) is 5.02 Å². The van der Waals surface area contributed by atoms with Crippen LogP contribution in [0.3, 0.4) is 0 Å². The molecule has 0 bridgehead atoms. The number of anilines is 2. The third kappa shape index (κ3) is 5.61. The molecule has 6 atom stereocenters. The number of allylic oxidation sites excluding steroid dienone is 2. The van der Waals surface area contributed by atoms with Gasteiger partial charge in [0.25, 0.3) is 0 Å². The number of hydrogen-bond donors (Lipinski definition) is 1. The summed E-state index contributed by atoms with van der Waals surface area (Å²) in [6, 6.07) is 24.8. The van der Waals surface area contributed by atoms with Crippen molar-refractivity contribution in [3.05, 3.63) is 118 Å². The van der Waals surface area contributed by atoms with Crippen molar-refractivity contribution in [2.45, 2.75) is 25.7 Å². The largest absolute Gasteiger partial charge is 0.503 e. The molecule has 2 aliphatic heterocycles. The zero-order chi connectivity index (χ0) is 38.8. The number of phenols is 1. The van der Waals surface area contributed by atoms with Gasteiger partial charge in [-0.15, -0.1) is 0 Å². The number of hydrogen-bond acceptors (Lipinski definition) is 8. The number of fused-ring (bicyclic) bond motifs is 4. The van der Waals surface area contributed by atoms with Gasteiger partial charge in [0, 0.05) is 11.5 Å². The van der Waals surface area contributed by atoms with Crippen LogP contribution in [0.4, 0.5) is 11.4 Å². The normalized spacial score (nSPS) is 25.8. The predicted molar refractivity (Wildman–Crippen MR) is 208 cm³/mol. The van der Waals surface area contributed by atoms with Crippen LogP contribution in [-0.2, 0) is 19.2 Å². The predicted octanol–water partition coefficient (Wildman–Crippen LogP) is 7.68. The molecular formula is C44H39ClN2O8. The van der Waals surface area contributed by atoms with Crippen molar-refractivity contribution in [2.24, 2.45) is 29.1 Å². The second-order valence-electron chi connectivity index (χ2n) is 14.6. The number of phenolic OH excluding ortho intramolecular Hbond substituents is 1. The lowest BCUT2D eigenvalue weighted by molar-refractivity contribution is -0.131. The second-order valence-corrected chi connectivity index (χ2v) is 15.0. The Bertz CT molecular complexity index is 2300. The molecule has 55 heavy (non-hydrogen) atoms. The third-order valence-corrected chi connectivity index (χ3v) is 12.2. The molecule has 3 fully saturated rings. The van der Waals surface area contributed by atoms with E-state index < -0.39 is 35.0 Å². The van der Waals surface area contributed by atoms with E-state index in [4.69, 9.17) is 25.8 Å². The lowest BCUT2D eigenvalue weighted by atomic mass is 9.51. The first-order chi connectivity index (χ1) is 26.5. The molecule has 0 aromatic heterocycles. The summed E-state index contributed by atoms with van der Waals surface area (Å²) < 4.78 is 16.3. The van der Waals surface area contributed by atoms with Crippen LogP contribution in [0.5, 0.6) is 23.0 Å². The van der Waals surface area contributed by atoms with Crippen molar-refractivity contribution in [3.63, 3.8) is 0 Å². The van der Waals surface area contributed by atoms with Gasteiger partial charge in [-0.1, -0.05) is 65.7 Å². The third-order valence-electron chi connectivity index (χ3n) is 11.9. The number of ether oxygens (including phenoxy) is 3. The molecule has 11 heteroatoms. The number of halogens is 1. The van der Waals surface area contributed by atoms with E-state index in [9.17, 15) is 24.3 Å². The number of carbonyl (C=O) groups is 4. The van der Waals surface area contributed by atoms with E-state index in [1.54, 1.807) is 69.7 Å². The van der Waals surface area contributed by atoms with Crippen LogP contribution < -0.4 is 24.0 Å². The molecule has 2 saturated heterocycles. The van der Waals surface area contributed by atoms with Crippen molar-refractivity contribution < 1.29 is 38.5 Å². The standard InChI is InChI=1S/C44H39ClN2O8/c1-44-33(41(50)47(43(44)52)27-8-6-5-7-9-27)23-32-30(38(44)26-21-34(45)39(48)36(22-26)55-4)17-18-31-37(32)42(51)46(40(31)49)28-14-11-24(12-15-28)10-13-25-20-29(53-2)16-19-35(25)54-3/h5-17,19-22,31-33,37-38,48H,18,23H2,1-4H3/t31-,32+,33-,37-,38-,44+/m0/s1. The Kier molecular flexibility index (Phi) is 9.04. The number of rotatable bonds is 8. The van der Waals surface area contributed by atoms with Gasteiger partial charge < -0.3 is 19.3 Å². The van der Waals surface area contributed by atoms with E-state index in [0.717, 1.165) is 16.7 Å². The highest BCUT2D eigenvalue weighted by Crippen LogP contribution is 2.64. The molecule has 280 valence electrons. The topological polar surface area (TPSA) is 123 Å². The van der Waals surface area contributed by atoms with E-state index in [0.29, 0.717) is 28.4 Å². The maximum absolute atomic E-state index is 14.7. The average molecular weight is 759 g/mol. The molecular weight excluding hydrogens is 720 g/mol. The first kappa shape index (κ1) is 36.1. The van der Waals surface area contributed by atoms with Gasteiger partial charge in [-0.05, 0) is 91.4 Å². The van der Waals surface area contributed by atoms with Crippen LogP contribution in [0.15, 0.2) is 96.6 Å². The zero-order valence-electron chi connectivity index (χ0n) is 30.7. The number of methoxy groups -OCH3 is 3. The SMILES string of the molecule is COc1ccc(OC)c(C=Cc2ccc(N3C(=O)[C@H]4[C@H](CC=C5[C@H]4C[C@H]4C(=O)N(c6ccccc6)C(=O)[C@@]4(C)[C@H]5c4cc(Cl)c(O)c(OC)c4)C3=O)cc2)c1. The van der Waals surface area contributed by atoms with Gasteiger partial charge in [-0.3, -0.25) is 24.1 Å². The number of benzene rings is 4. The summed E-state index contributed by atoms with van der Waals surface area (Å²) in [7, 11) is 4.61. The number of nitrogens with zero attached hydrogens (tertiary/aromatic N) is 2. The fourth-order valence-electron chi connectivity index (χ4n) is 9.28. The fourth-order valence-corrected chi connectivity index (χ4v) is 9.50.